The van der Waals surface area contributed by atoms with Crippen molar-refractivity contribution < 1.29 is 19.1 Å². The van der Waals surface area contributed by atoms with E-state index in [1.54, 1.807) is 4.90 Å². The van der Waals surface area contributed by atoms with Gasteiger partial charge < -0.3 is 14.4 Å². The average Bonchev–Trinajstić information content (AvgIpc) is 2.35. The minimum atomic E-state index is -0.463. The first-order chi connectivity index (χ1) is 9.31. The van der Waals surface area contributed by atoms with Gasteiger partial charge in [-0.1, -0.05) is 0 Å². The summed E-state index contributed by atoms with van der Waals surface area (Å²) in [4.78, 5) is 25.1. The van der Waals surface area contributed by atoms with Gasteiger partial charge in [0, 0.05) is 19.5 Å². The van der Waals surface area contributed by atoms with E-state index >= 15 is 0 Å². The van der Waals surface area contributed by atoms with Gasteiger partial charge in [-0.2, -0.15) is 0 Å². The van der Waals surface area contributed by atoms with Gasteiger partial charge >= 0.3 is 12.1 Å². The molecule has 1 saturated heterocycles. The number of nitrogens with zero attached hydrogens (tertiary/aromatic N) is 1. The van der Waals surface area contributed by atoms with E-state index in [1.807, 2.05) is 27.7 Å². The molecule has 1 amide bonds. The van der Waals surface area contributed by atoms with Gasteiger partial charge in [0.1, 0.15) is 5.60 Å². The van der Waals surface area contributed by atoms with Crippen molar-refractivity contribution in [3.8, 4) is 0 Å². The molecule has 1 rings (SSSR count). The summed E-state index contributed by atoms with van der Waals surface area (Å²) in [5.74, 6) is 0.211. The third-order valence-corrected chi connectivity index (χ3v) is 3.23. The Balaban J connectivity index is 2.38. The number of rotatable bonds is 4. The van der Waals surface area contributed by atoms with E-state index in [9.17, 15) is 9.59 Å². The zero-order valence-corrected chi connectivity index (χ0v) is 13.1. The molecule has 1 aliphatic rings. The monoisotopic (exact) mass is 285 g/mol. The van der Waals surface area contributed by atoms with Crippen LogP contribution in [0.3, 0.4) is 0 Å². The van der Waals surface area contributed by atoms with Crippen LogP contribution in [0.15, 0.2) is 0 Å². The highest BCUT2D eigenvalue weighted by Gasteiger charge is 2.27. The molecule has 1 fully saturated rings. The third-order valence-electron chi connectivity index (χ3n) is 3.23. The lowest BCUT2D eigenvalue weighted by atomic mass is 9.93. The summed E-state index contributed by atoms with van der Waals surface area (Å²) in [6, 6.07) is 0. The van der Waals surface area contributed by atoms with E-state index in [1.165, 1.54) is 0 Å². The first-order valence-electron chi connectivity index (χ1n) is 7.45. The number of carbonyl (C=O) groups is 2. The van der Waals surface area contributed by atoms with Gasteiger partial charge in [-0.3, -0.25) is 4.79 Å². The van der Waals surface area contributed by atoms with Crippen molar-refractivity contribution in [3.63, 3.8) is 0 Å². The largest absolute Gasteiger partial charge is 0.466 e. The fourth-order valence-corrected chi connectivity index (χ4v) is 2.35. The van der Waals surface area contributed by atoms with Crippen molar-refractivity contribution in [2.75, 3.05) is 19.7 Å². The first-order valence-corrected chi connectivity index (χ1v) is 7.45. The molecular weight excluding hydrogens is 258 g/mol. The van der Waals surface area contributed by atoms with Crippen LogP contribution in [0.2, 0.25) is 0 Å². The summed E-state index contributed by atoms with van der Waals surface area (Å²) < 4.78 is 10.3. The highest BCUT2D eigenvalue weighted by molar-refractivity contribution is 5.69. The molecule has 0 aliphatic carbocycles. The fourth-order valence-electron chi connectivity index (χ4n) is 2.35. The molecule has 0 radical (unpaired) electrons. The minimum absolute atomic E-state index is 0.151. The molecule has 0 aromatic heterocycles. The molecule has 0 aromatic carbocycles. The number of hydrogen-bond acceptors (Lipinski definition) is 4. The zero-order valence-electron chi connectivity index (χ0n) is 13.1. The molecule has 116 valence electrons. The van der Waals surface area contributed by atoms with Gasteiger partial charge in [-0.15, -0.1) is 0 Å². The number of carbonyl (C=O) groups excluding carboxylic acids is 2. The lowest BCUT2D eigenvalue weighted by Crippen LogP contribution is -2.43. The van der Waals surface area contributed by atoms with Crippen LogP contribution in [0.1, 0.15) is 53.4 Å². The molecule has 1 unspecified atom stereocenters. The van der Waals surface area contributed by atoms with Crippen molar-refractivity contribution in [2.24, 2.45) is 5.92 Å². The van der Waals surface area contributed by atoms with Gasteiger partial charge in [0.25, 0.3) is 0 Å². The number of hydrogen-bond donors (Lipinski definition) is 0. The van der Waals surface area contributed by atoms with Crippen LogP contribution in [0.4, 0.5) is 4.79 Å². The molecule has 0 spiro atoms. The maximum absolute atomic E-state index is 12.0. The lowest BCUT2D eigenvalue weighted by Gasteiger charge is -2.34. The summed E-state index contributed by atoms with van der Waals surface area (Å²) >= 11 is 0. The van der Waals surface area contributed by atoms with Crippen LogP contribution in [-0.2, 0) is 14.3 Å². The smallest absolute Gasteiger partial charge is 0.410 e. The molecule has 1 heterocycles. The number of likely N-dealkylation sites (tertiary alicyclic amines) is 1. The first kappa shape index (κ1) is 16.8. The standard InChI is InChI=1S/C15H27NO4/c1-5-19-13(17)9-8-12-7-6-10-16(11-12)14(18)20-15(2,3)4/h12H,5-11H2,1-4H3. The molecule has 0 bridgehead atoms. The summed E-state index contributed by atoms with van der Waals surface area (Å²) in [5, 5.41) is 0. The third kappa shape index (κ3) is 6.26. The Kier molecular flexibility index (Phi) is 6.30. The van der Waals surface area contributed by atoms with Crippen LogP contribution in [-0.4, -0.2) is 42.3 Å². The van der Waals surface area contributed by atoms with Crippen LogP contribution in [0.25, 0.3) is 0 Å². The Bertz CT molecular complexity index is 335. The summed E-state index contributed by atoms with van der Waals surface area (Å²) in [7, 11) is 0. The van der Waals surface area contributed by atoms with Crippen LogP contribution < -0.4 is 0 Å². The number of piperidine rings is 1. The minimum Gasteiger partial charge on any atom is -0.466 e. The molecule has 20 heavy (non-hydrogen) atoms. The van der Waals surface area contributed by atoms with E-state index in [2.05, 4.69) is 0 Å². The van der Waals surface area contributed by atoms with Crippen LogP contribution >= 0.6 is 0 Å². The van der Waals surface area contributed by atoms with Crippen LogP contribution in [0.5, 0.6) is 0 Å². The Morgan fingerprint density at radius 1 is 1.30 bits per heavy atom. The lowest BCUT2D eigenvalue weighted by molar-refractivity contribution is -0.143. The maximum Gasteiger partial charge on any atom is 0.410 e. The summed E-state index contributed by atoms with van der Waals surface area (Å²) in [6.07, 6.45) is 2.97. The van der Waals surface area contributed by atoms with Crippen LogP contribution in [0, 0.1) is 5.92 Å². The second-order valence-electron chi connectivity index (χ2n) is 6.28. The SMILES string of the molecule is CCOC(=O)CCC1CCCN(C(=O)OC(C)(C)C)C1. The molecule has 0 N–H and O–H groups in total. The van der Waals surface area contributed by atoms with E-state index < -0.39 is 5.60 Å². The summed E-state index contributed by atoms with van der Waals surface area (Å²) in [6.45, 7) is 9.25. The van der Waals surface area contributed by atoms with E-state index in [0.717, 1.165) is 25.8 Å². The average molecular weight is 285 g/mol. The van der Waals surface area contributed by atoms with Crippen molar-refractivity contribution in [3.05, 3.63) is 0 Å². The van der Waals surface area contributed by atoms with Crippen molar-refractivity contribution in [1.29, 1.82) is 0 Å². The maximum atomic E-state index is 12.0. The van der Waals surface area contributed by atoms with Crippen molar-refractivity contribution in [2.45, 2.75) is 59.0 Å². The Labute approximate surface area is 121 Å². The Morgan fingerprint density at radius 2 is 2.00 bits per heavy atom. The molecule has 5 heteroatoms. The predicted molar refractivity (Wildman–Crippen MR) is 76.4 cm³/mol. The van der Waals surface area contributed by atoms with Gasteiger partial charge in [0.05, 0.1) is 6.61 Å². The van der Waals surface area contributed by atoms with Gasteiger partial charge in [-0.05, 0) is 52.9 Å². The topological polar surface area (TPSA) is 55.8 Å². The normalized spacial score (nSPS) is 19.6. The Hall–Kier alpha value is -1.26. The number of amides is 1. The molecule has 1 atom stereocenters. The quantitative estimate of drug-likeness (QED) is 0.745. The molecule has 5 nitrogen and oxygen atoms in total. The second kappa shape index (κ2) is 7.50. The Morgan fingerprint density at radius 3 is 2.60 bits per heavy atom. The van der Waals surface area contributed by atoms with E-state index in [0.29, 0.717) is 25.5 Å². The molecule has 0 aromatic rings. The molecule has 1 aliphatic heterocycles. The van der Waals surface area contributed by atoms with Crippen molar-refractivity contribution in [1.82, 2.24) is 4.90 Å². The van der Waals surface area contributed by atoms with Crippen molar-refractivity contribution >= 4 is 12.1 Å². The predicted octanol–water partition coefficient (Wildman–Crippen LogP) is 2.98. The van der Waals surface area contributed by atoms with E-state index in [-0.39, 0.29) is 12.1 Å². The number of ether oxygens (including phenoxy) is 2. The molecule has 0 saturated carbocycles. The highest BCUT2D eigenvalue weighted by atomic mass is 16.6. The number of esters is 1. The molecular formula is C15H27NO4. The van der Waals surface area contributed by atoms with E-state index in [4.69, 9.17) is 9.47 Å². The fraction of sp³-hybridized carbons (Fsp3) is 0.867. The second-order valence-corrected chi connectivity index (χ2v) is 6.28. The van der Waals surface area contributed by atoms with Gasteiger partial charge in [-0.25, -0.2) is 4.79 Å². The van der Waals surface area contributed by atoms with Gasteiger partial charge in [0.15, 0.2) is 0 Å². The summed E-state index contributed by atoms with van der Waals surface area (Å²) in [5.41, 5.74) is -0.463. The highest BCUT2D eigenvalue weighted by Crippen LogP contribution is 2.22. The zero-order chi connectivity index (χ0) is 15.2. The van der Waals surface area contributed by atoms with Gasteiger partial charge in [0.2, 0.25) is 0 Å².